The van der Waals surface area contributed by atoms with E-state index in [1.165, 1.54) is 13.2 Å². The molecule has 0 atom stereocenters. The van der Waals surface area contributed by atoms with Crippen LogP contribution in [-0.4, -0.2) is 23.8 Å². The van der Waals surface area contributed by atoms with Crippen molar-refractivity contribution < 1.29 is 18.7 Å². The number of imide groups is 1. The van der Waals surface area contributed by atoms with Crippen molar-refractivity contribution in [1.82, 2.24) is 4.90 Å². The summed E-state index contributed by atoms with van der Waals surface area (Å²) >= 11 is 6.24. The molecule has 4 rings (SSSR count). The first-order chi connectivity index (χ1) is 15.8. The summed E-state index contributed by atoms with van der Waals surface area (Å²) in [5.41, 5.74) is 3.65. The van der Waals surface area contributed by atoms with E-state index in [1.54, 1.807) is 36.4 Å². The lowest BCUT2D eigenvalue weighted by Gasteiger charge is -2.16. The SMILES string of the molecule is COc1ccc(NC2=C(c3ccc(C)cc3C)C(=O)N(Cc3ccccc3F)C2=O)cc1Cl. The Labute approximate surface area is 196 Å². The zero-order valence-corrected chi connectivity index (χ0v) is 19.2. The second-order valence-electron chi connectivity index (χ2n) is 7.83. The summed E-state index contributed by atoms with van der Waals surface area (Å²) in [6, 6.07) is 16.7. The van der Waals surface area contributed by atoms with Crippen LogP contribution in [-0.2, 0) is 16.1 Å². The molecule has 0 fully saturated rings. The second kappa shape index (κ2) is 9.08. The van der Waals surface area contributed by atoms with E-state index in [0.29, 0.717) is 22.0 Å². The molecule has 0 radical (unpaired) electrons. The van der Waals surface area contributed by atoms with E-state index in [2.05, 4.69) is 5.32 Å². The number of carbonyl (C=O) groups is 2. The van der Waals surface area contributed by atoms with E-state index in [4.69, 9.17) is 16.3 Å². The molecule has 1 aliphatic rings. The summed E-state index contributed by atoms with van der Waals surface area (Å²) < 4.78 is 19.5. The minimum atomic E-state index is -0.537. The number of carbonyl (C=O) groups excluding carboxylic acids is 2. The van der Waals surface area contributed by atoms with Gasteiger partial charge in [-0.25, -0.2) is 4.39 Å². The summed E-state index contributed by atoms with van der Waals surface area (Å²) in [5.74, 6) is -1.02. The molecular weight excluding hydrogens is 443 g/mol. The van der Waals surface area contributed by atoms with Crippen molar-refractivity contribution in [3.05, 3.63) is 99.5 Å². The van der Waals surface area contributed by atoms with Crippen molar-refractivity contribution >= 4 is 34.7 Å². The topological polar surface area (TPSA) is 58.6 Å². The van der Waals surface area contributed by atoms with Crippen LogP contribution < -0.4 is 10.1 Å². The maximum atomic E-state index is 14.3. The first-order valence-electron chi connectivity index (χ1n) is 10.3. The molecule has 1 N–H and O–H groups in total. The van der Waals surface area contributed by atoms with Gasteiger partial charge in [-0.3, -0.25) is 14.5 Å². The molecule has 3 aromatic carbocycles. The molecular formula is C26H22ClFN2O3. The van der Waals surface area contributed by atoms with Gasteiger partial charge >= 0.3 is 0 Å². The number of benzene rings is 3. The quantitative estimate of drug-likeness (QED) is 0.489. The molecule has 168 valence electrons. The van der Waals surface area contributed by atoms with Gasteiger partial charge in [-0.05, 0) is 49.2 Å². The molecule has 0 spiro atoms. The van der Waals surface area contributed by atoms with E-state index in [9.17, 15) is 14.0 Å². The standard InChI is InChI=1S/C26H22ClFN2O3/c1-15-8-10-19(16(2)12-15)23-24(29-18-9-11-22(33-3)20(27)13-18)26(32)30(25(23)31)14-17-6-4-5-7-21(17)28/h4-13,29H,14H2,1-3H3. The number of hydrogen-bond donors (Lipinski definition) is 1. The maximum absolute atomic E-state index is 14.3. The van der Waals surface area contributed by atoms with Crippen LogP contribution in [0.25, 0.3) is 5.57 Å². The van der Waals surface area contributed by atoms with Crippen LogP contribution in [0.1, 0.15) is 22.3 Å². The number of methoxy groups -OCH3 is 1. The lowest BCUT2D eigenvalue weighted by Crippen LogP contribution is -2.32. The van der Waals surface area contributed by atoms with E-state index in [0.717, 1.165) is 16.0 Å². The molecule has 0 saturated heterocycles. The zero-order valence-electron chi connectivity index (χ0n) is 18.4. The number of ether oxygens (including phenoxy) is 1. The number of hydrogen-bond acceptors (Lipinski definition) is 4. The maximum Gasteiger partial charge on any atom is 0.278 e. The second-order valence-corrected chi connectivity index (χ2v) is 8.24. The Morgan fingerprint density at radius 2 is 1.76 bits per heavy atom. The van der Waals surface area contributed by atoms with Gasteiger partial charge in [0.25, 0.3) is 11.8 Å². The van der Waals surface area contributed by atoms with Crippen LogP contribution >= 0.6 is 11.6 Å². The third-order valence-corrected chi connectivity index (χ3v) is 5.82. The highest BCUT2D eigenvalue weighted by Crippen LogP contribution is 2.35. The van der Waals surface area contributed by atoms with E-state index < -0.39 is 17.6 Å². The van der Waals surface area contributed by atoms with Gasteiger partial charge in [0.15, 0.2) is 0 Å². The number of nitrogens with one attached hydrogen (secondary N) is 1. The molecule has 5 nitrogen and oxygen atoms in total. The zero-order chi connectivity index (χ0) is 23.7. The Balaban J connectivity index is 1.79. The van der Waals surface area contributed by atoms with Crippen LogP contribution in [0.4, 0.5) is 10.1 Å². The first-order valence-corrected chi connectivity index (χ1v) is 10.7. The van der Waals surface area contributed by atoms with Gasteiger partial charge in [0.1, 0.15) is 17.3 Å². The summed E-state index contributed by atoms with van der Waals surface area (Å²) in [7, 11) is 1.51. The summed E-state index contributed by atoms with van der Waals surface area (Å²) in [6.45, 7) is 3.66. The highest BCUT2D eigenvalue weighted by atomic mass is 35.5. The van der Waals surface area contributed by atoms with Gasteiger partial charge in [0, 0.05) is 11.3 Å². The molecule has 1 aliphatic heterocycles. The lowest BCUT2D eigenvalue weighted by molar-refractivity contribution is -0.137. The highest BCUT2D eigenvalue weighted by molar-refractivity contribution is 6.37. The fraction of sp³-hybridized carbons (Fsp3) is 0.154. The Morgan fingerprint density at radius 1 is 1.00 bits per heavy atom. The van der Waals surface area contributed by atoms with Crippen molar-refractivity contribution in [1.29, 1.82) is 0 Å². The van der Waals surface area contributed by atoms with E-state index in [1.807, 2.05) is 32.0 Å². The fourth-order valence-corrected chi connectivity index (χ4v) is 4.12. The minimum Gasteiger partial charge on any atom is -0.495 e. The van der Waals surface area contributed by atoms with Crippen molar-refractivity contribution in [3.63, 3.8) is 0 Å². The molecule has 33 heavy (non-hydrogen) atoms. The highest BCUT2D eigenvalue weighted by Gasteiger charge is 2.40. The Morgan fingerprint density at radius 3 is 2.42 bits per heavy atom. The molecule has 0 unspecified atom stereocenters. The van der Waals surface area contributed by atoms with Crippen molar-refractivity contribution in [2.45, 2.75) is 20.4 Å². The third-order valence-electron chi connectivity index (χ3n) is 5.53. The largest absolute Gasteiger partial charge is 0.495 e. The van der Waals surface area contributed by atoms with Crippen LogP contribution in [0.5, 0.6) is 5.75 Å². The number of aryl methyl sites for hydroxylation is 2. The van der Waals surface area contributed by atoms with Crippen molar-refractivity contribution in [2.75, 3.05) is 12.4 Å². The number of rotatable bonds is 6. The average Bonchev–Trinajstić information content (AvgIpc) is 3.00. The van der Waals surface area contributed by atoms with Gasteiger partial charge in [-0.15, -0.1) is 0 Å². The molecule has 1 heterocycles. The average molecular weight is 465 g/mol. The van der Waals surface area contributed by atoms with Crippen LogP contribution in [0.3, 0.4) is 0 Å². The molecule has 0 aliphatic carbocycles. The first kappa shape index (κ1) is 22.6. The van der Waals surface area contributed by atoms with E-state index >= 15 is 0 Å². The predicted molar refractivity (Wildman–Crippen MR) is 126 cm³/mol. The van der Waals surface area contributed by atoms with Gasteiger partial charge in [-0.1, -0.05) is 53.6 Å². The van der Waals surface area contributed by atoms with Crippen LogP contribution in [0, 0.1) is 19.7 Å². The number of amides is 2. The Kier molecular flexibility index (Phi) is 6.20. The molecule has 2 amide bonds. The predicted octanol–water partition coefficient (Wildman–Crippen LogP) is 5.50. The smallest absolute Gasteiger partial charge is 0.278 e. The molecule has 0 saturated carbocycles. The lowest BCUT2D eigenvalue weighted by atomic mass is 9.97. The Hall–Kier alpha value is -3.64. The van der Waals surface area contributed by atoms with Gasteiger partial charge in [-0.2, -0.15) is 0 Å². The summed E-state index contributed by atoms with van der Waals surface area (Å²) in [6.07, 6.45) is 0. The summed E-state index contributed by atoms with van der Waals surface area (Å²) in [4.78, 5) is 27.9. The summed E-state index contributed by atoms with van der Waals surface area (Å²) in [5, 5.41) is 3.43. The third kappa shape index (κ3) is 4.34. The van der Waals surface area contributed by atoms with Crippen molar-refractivity contribution in [2.24, 2.45) is 0 Å². The van der Waals surface area contributed by atoms with Gasteiger partial charge < -0.3 is 10.1 Å². The molecule has 0 aromatic heterocycles. The van der Waals surface area contributed by atoms with Gasteiger partial charge in [0.2, 0.25) is 0 Å². The molecule has 7 heteroatoms. The van der Waals surface area contributed by atoms with Crippen LogP contribution in [0.2, 0.25) is 5.02 Å². The number of nitrogens with zero attached hydrogens (tertiary/aromatic N) is 1. The van der Waals surface area contributed by atoms with E-state index in [-0.39, 0.29) is 23.4 Å². The monoisotopic (exact) mass is 464 g/mol. The van der Waals surface area contributed by atoms with Crippen LogP contribution in [0.15, 0.2) is 66.4 Å². The number of halogens is 2. The normalized spacial score (nSPS) is 13.7. The van der Waals surface area contributed by atoms with Gasteiger partial charge in [0.05, 0.1) is 24.3 Å². The number of anilines is 1. The Bertz CT molecular complexity index is 1300. The van der Waals surface area contributed by atoms with Crippen molar-refractivity contribution in [3.8, 4) is 5.75 Å². The molecule has 3 aromatic rings. The molecule has 0 bridgehead atoms. The fourth-order valence-electron chi connectivity index (χ4n) is 3.86. The minimum absolute atomic E-state index is 0.115.